The molecule has 1 unspecified atom stereocenters. The predicted octanol–water partition coefficient (Wildman–Crippen LogP) is 4.89. The van der Waals surface area contributed by atoms with Crippen molar-refractivity contribution in [2.24, 2.45) is 17.3 Å². The van der Waals surface area contributed by atoms with Gasteiger partial charge in [0.2, 0.25) is 0 Å². The van der Waals surface area contributed by atoms with Crippen molar-refractivity contribution in [1.82, 2.24) is 31.3 Å². The van der Waals surface area contributed by atoms with Crippen LogP contribution in [0.15, 0.2) is 54.6 Å². The van der Waals surface area contributed by atoms with Gasteiger partial charge in [-0.05, 0) is 77.8 Å². The van der Waals surface area contributed by atoms with E-state index in [4.69, 9.17) is 0 Å². The summed E-state index contributed by atoms with van der Waals surface area (Å²) in [6.45, 7) is 7.50. The summed E-state index contributed by atoms with van der Waals surface area (Å²) in [5, 5.41) is 22.1. The summed E-state index contributed by atoms with van der Waals surface area (Å²) in [6, 6.07) is 17.2. The molecule has 1 aliphatic carbocycles. The minimum Gasteiger partial charge on any atom is -0.338 e. The molecule has 4 N–H and O–H groups in total. The minimum absolute atomic E-state index is 0.122. The second-order valence-electron chi connectivity index (χ2n) is 10.9. The second-order valence-corrected chi connectivity index (χ2v) is 10.9. The highest BCUT2D eigenvalue weighted by Crippen LogP contribution is 2.43. The van der Waals surface area contributed by atoms with E-state index in [-0.39, 0.29) is 29.3 Å². The molecule has 0 bridgehead atoms. The van der Waals surface area contributed by atoms with Crippen molar-refractivity contribution in [3.8, 4) is 0 Å². The Kier molecular flexibility index (Phi) is 8.53. The molecular weight excluding hydrogens is 466 g/mol. The first-order valence-electron chi connectivity index (χ1n) is 13.0. The molecule has 1 atom stereocenters. The maximum Gasteiger partial charge on any atom is 0.315 e. The number of carbonyl (C=O) groups excluding carboxylic acids is 2. The number of aromatic nitrogens is 4. The number of nitrogens with zero attached hydrogens (tertiary/aromatic N) is 3. The number of anilines is 1. The summed E-state index contributed by atoms with van der Waals surface area (Å²) in [5.41, 5.74) is 2.95. The molecule has 1 aromatic heterocycles. The van der Waals surface area contributed by atoms with E-state index in [9.17, 15) is 9.59 Å². The highest BCUT2D eigenvalue weighted by atomic mass is 16.2. The second kappa shape index (κ2) is 12.0. The first-order valence-corrected chi connectivity index (χ1v) is 13.0. The highest BCUT2D eigenvalue weighted by Gasteiger charge is 2.34. The molecule has 37 heavy (non-hydrogen) atoms. The van der Waals surface area contributed by atoms with Gasteiger partial charge in [-0.2, -0.15) is 5.21 Å². The molecule has 0 aliphatic heterocycles. The number of hydrogen-bond donors (Lipinski definition) is 4. The number of benzene rings is 2. The van der Waals surface area contributed by atoms with Crippen LogP contribution in [0, 0.1) is 17.3 Å². The van der Waals surface area contributed by atoms with Crippen LogP contribution in [0.1, 0.15) is 74.0 Å². The van der Waals surface area contributed by atoms with Crippen molar-refractivity contribution < 1.29 is 9.59 Å². The van der Waals surface area contributed by atoms with Crippen LogP contribution in [0.25, 0.3) is 0 Å². The lowest BCUT2D eigenvalue weighted by atomic mass is 9.68. The minimum atomic E-state index is -0.318. The average Bonchev–Trinajstić information content (AvgIpc) is 3.41. The van der Waals surface area contributed by atoms with E-state index >= 15 is 0 Å². The number of hydrogen-bond acceptors (Lipinski definition) is 5. The highest BCUT2D eigenvalue weighted by molar-refractivity contribution is 6.03. The Morgan fingerprint density at radius 2 is 1.70 bits per heavy atom. The smallest absolute Gasteiger partial charge is 0.315 e. The molecule has 0 saturated heterocycles. The third kappa shape index (κ3) is 7.38. The van der Waals surface area contributed by atoms with Crippen molar-refractivity contribution in [2.45, 2.75) is 58.9 Å². The van der Waals surface area contributed by atoms with E-state index < -0.39 is 0 Å². The SMILES string of the molecule is CC(C)(C)C1CCC(C(NC(=O)NCCc2ccccc2)c2ccc(C(=O)Nc3nn[nH]n3)cc2)CC1. The summed E-state index contributed by atoms with van der Waals surface area (Å²) in [7, 11) is 0. The fourth-order valence-electron chi connectivity index (χ4n) is 5.18. The molecule has 9 heteroatoms. The summed E-state index contributed by atoms with van der Waals surface area (Å²) in [6.07, 6.45) is 5.17. The van der Waals surface area contributed by atoms with Crippen LogP contribution in [-0.4, -0.2) is 39.1 Å². The van der Waals surface area contributed by atoms with Crippen molar-refractivity contribution in [3.63, 3.8) is 0 Å². The number of urea groups is 1. The van der Waals surface area contributed by atoms with Crippen LogP contribution in [0.5, 0.6) is 0 Å². The predicted molar refractivity (Wildman–Crippen MR) is 143 cm³/mol. The Bertz CT molecular complexity index is 1130. The number of carbonyl (C=O) groups is 2. The number of H-pyrrole nitrogens is 1. The molecular formula is C28H37N7O2. The number of tetrazole rings is 1. The number of rotatable bonds is 8. The third-order valence-electron chi connectivity index (χ3n) is 7.40. The van der Waals surface area contributed by atoms with E-state index in [0.29, 0.717) is 23.9 Å². The van der Waals surface area contributed by atoms with E-state index in [1.54, 1.807) is 12.1 Å². The molecule has 1 heterocycles. The molecule has 4 rings (SSSR count). The first-order chi connectivity index (χ1) is 17.8. The number of amides is 3. The van der Waals surface area contributed by atoms with Gasteiger partial charge in [0.25, 0.3) is 11.9 Å². The molecule has 1 aliphatic rings. The van der Waals surface area contributed by atoms with E-state index in [1.807, 2.05) is 30.3 Å². The van der Waals surface area contributed by atoms with Crippen LogP contribution >= 0.6 is 0 Å². The maximum absolute atomic E-state index is 12.9. The summed E-state index contributed by atoms with van der Waals surface area (Å²) < 4.78 is 0. The van der Waals surface area contributed by atoms with Crippen LogP contribution in [-0.2, 0) is 6.42 Å². The molecule has 3 aromatic rings. The first kappa shape index (κ1) is 26.3. The van der Waals surface area contributed by atoms with Gasteiger partial charge in [-0.25, -0.2) is 4.79 Å². The zero-order chi connectivity index (χ0) is 26.3. The van der Waals surface area contributed by atoms with Gasteiger partial charge in [-0.15, -0.1) is 5.10 Å². The lowest BCUT2D eigenvalue weighted by Gasteiger charge is -2.39. The summed E-state index contributed by atoms with van der Waals surface area (Å²) in [5.74, 6) is 0.816. The van der Waals surface area contributed by atoms with E-state index in [0.717, 1.165) is 37.7 Å². The van der Waals surface area contributed by atoms with Gasteiger partial charge in [-0.1, -0.05) is 68.3 Å². The fraction of sp³-hybridized carbons (Fsp3) is 0.464. The van der Waals surface area contributed by atoms with Gasteiger partial charge >= 0.3 is 6.03 Å². The molecule has 196 valence electrons. The van der Waals surface area contributed by atoms with Crippen molar-refractivity contribution in [2.75, 3.05) is 11.9 Å². The lowest BCUT2D eigenvalue weighted by Crippen LogP contribution is -2.42. The third-order valence-corrected chi connectivity index (χ3v) is 7.40. The molecule has 9 nitrogen and oxygen atoms in total. The number of nitrogens with one attached hydrogen (secondary N) is 4. The van der Waals surface area contributed by atoms with Crippen LogP contribution in [0.3, 0.4) is 0 Å². The van der Waals surface area contributed by atoms with Gasteiger partial charge in [-0.3, -0.25) is 10.1 Å². The van der Waals surface area contributed by atoms with Crippen LogP contribution < -0.4 is 16.0 Å². The normalized spacial score (nSPS) is 18.6. The largest absolute Gasteiger partial charge is 0.338 e. The van der Waals surface area contributed by atoms with Gasteiger partial charge in [0, 0.05) is 12.1 Å². The summed E-state index contributed by atoms with van der Waals surface area (Å²) >= 11 is 0. The molecule has 2 aromatic carbocycles. The van der Waals surface area contributed by atoms with E-state index in [1.165, 1.54) is 5.56 Å². The Balaban J connectivity index is 1.42. The maximum atomic E-state index is 12.9. The Morgan fingerprint density at radius 3 is 2.32 bits per heavy atom. The van der Waals surface area contributed by atoms with Gasteiger partial charge in [0.05, 0.1) is 6.04 Å². The zero-order valence-corrected chi connectivity index (χ0v) is 21.8. The standard InChI is InChI=1S/C28H37N7O2/c1-28(2,3)23-15-13-21(14-16-23)24(30-27(37)29-18-17-19-7-5-4-6-8-19)20-9-11-22(12-10-20)25(36)31-26-32-34-35-33-26/h4-12,21,23-24H,13-18H2,1-3H3,(H2,29,30,37)(H2,31,32,33,34,35,36). The van der Waals surface area contributed by atoms with Gasteiger partial charge in [0.1, 0.15) is 0 Å². The molecule has 0 spiro atoms. The topological polar surface area (TPSA) is 125 Å². The van der Waals surface area contributed by atoms with Crippen LogP contribution in [0.2, 0.25) is 0 Å². The lowest BCUT2D eigenvalue weighted by molar-refractivity contribution is 0.102. The van der Waals surface area contributed by atoms with E-state index in [2.05, 4.69) is 69.5 Å². The molecule has 0 radical (unpaired) electrons. The Hall–Kier alpha value is -3.75. The Labute approximate surface area is 218 Å². The molecule has 3 amide bonds. The van der Waals surface area contributed by atoms with Gasteiger partial charge in [0.15, 0.2) is 0 Å². The summed E-state index contributed by atoms with van der Waals surface area (Å²) in [4.78, 5) is 25.5. The molecule has 1 saturated carbocycles. The van der Waals surface area contributed by atoms with Gasteiger partial charge < -0.3 is 10.6 Å². The molecule has 1 fully saturated rings. The monoisotopic (exact) mass is 503 g/mol. The number of aromatic amines is 1. The fourth-order valence-corrected chi connectivity index (χ4v) is 5.18. The zero-order valence-electron chi connectivity index (χ0n) is 21.8. The average molecular weight is 504 g/mol. The Morgan fingerprint density at radius 1 is 1.00 bits per heavy atom. The van der Waals surface area contributed by atoms with Crippen molar-refractivity contribution in [3.05, 3.63) is 71.3 Å². The van der Waals surface area contributed by atoms with Crippen molar-refractivity contribution >= 4 is 17.9 Å². The van der Waals surface area contributed by atoms with Crippen molar-refractivity contribution in [1.29, 1.82) is 0 Å². The quantitative estimate of drug-likeness (QED) is 0.348. The van der Waals surface area contributed by atoms with Crippen LogP contribution in [0.4, 0.5) is 10.7 Å².